The molecule has 3 aromatic rings. The van der Waals surface area contributed by atoms with E-state index < -0.39 is 15.7 Å². The summed E-state index contributed by atoms with van der Waals surface area (Å²) in [5.74, 6) is -0.456. The van der Waals surface area contributed by atoms with Crippen molar-refractivity contribution in [1.82, 2.24) is 10.3 Å². The van der Waals surface area contributed by atoms with Gasteiger partial charge in [0.05, 0.1) is 20.9 Å². The van der Waals surface area contributed by atoms with Gasteiger partial charge >= 0.3 is 0 Å². The number of para-hydroxylation sites is 1. The van der Waals surface area contributed by atoms with Gasteiger partial charge in [0.2, 0.25) is 9.84 Å². The molecule has 0 unspecified atom stereocenters. The number of sulfone groups is 1. The Morgan fingerprint density at radius 1 is 1.10 bits per heavy atom. The Bertz CT molecular complexity index is 1190. The first-order valence-corrected chi connectivity index (χ1v) is 10.8. The van der Waals surface area contributed by atoms with Gasteiger partial charge in [0.15, 0.2) is 0 Å². The molecule has 3 rings (SSSR count). The molecule has 1 heterocycles. The number of rotatable bonds is 5. The molecule has 0 saturated heterocycles. The van der Waals surface area contributed by atoms with Crippen molar-refractivity contribution >= 4 is 26.6 Å². The highest BCUT2D eigenvalue weighted by Gasteiger charge is 2.28. The number of carbonyl (C=O) groups is 1. The lowest BCUT2D eigenvalue weighted by Crippen LogP contribution is -2.26. The molecule has 1 amide bonds. The zero-order valence-electron chi connectivity index (χ0n) is 16.8. The topological polar surface area (TPSA) is 76.1 Å². The average molecular weight is 409 g/mol. The summed E-state index contributed by atoms with van der Waals surface area (Å²) in [6.07, 6.45) is 3.11. The summed E-state index contributed by atoms with van der Waals surface area (Å²) in [6, 6.07) is 13.5. The lowest BCUT2D eigenvalue weighted by atomic mass is 9.86. The second kappa shape index (κ2) is 7.79. The first kappa shape index (κ1) is 20.7. The van der Waals surface area contributed by atoms with Crippen LogP contribution in [0.1, 0.15) is 36.7 Å². The molecule has 29 heavy (non-hydrogen) atoms. The normalized spacial score (nSPS) is 12.0. The Kier molecular flexibility index (Phi) is 5.57. The van der Waals surface area contributed by atoms with Crippen LogP contribution in [0.25, 0.3) is 10.9 Å². The molecule has 0 aliphatic heterocycles. The SMILES string of the molecule is C=CCNC(=O)c1cc(C(C)(C)C)ccc1S(=O)(=O)c1cccc2cccnc12. The first-order valence-electron chi connectivity index (χ1n) is 9.28. The third-order valence-corrected chi connectivity index (χ3v) is 6.52. The summed E-state index contributed by atoms with van der Waals surface area (Å²) in [5, 5.41) is 3.41. The summed E-state index contributed by atoms with van der Waals surface area (Å²) >= 11 is 0. The summed E-state index contributed by atoms with van der Waals surface area (Å²) in [4.78, 5) is 17.1. The molecule has 0 fully saturated rings. The van der Waals surface area contributed by atoms with Crippen LogP contribution in [-0.4, -0.2) is 25.9 Å². The predicted octanol–water partition coefficient (Wildman–Crippen LogP) is 4.28. The van der Waals surface area contributed by atoms with Crippen molar-refractivity contribution < 1.29 is 13.2 Å². The van der Waals surface area contributed by atoms with Gasteiger partial charge in [0.1, 0.15) is 0 Å². The number of fused-ring (bicyclic) bond motifs is 1. The van der Waals surface area contributed by atoms with E-state index in [9.17, 15) is 13.2 Å². The monoisotopic (exact) mass is 408 g/mol. The largest absolute Gasteiger partial charge is 0.349 e. The maximum Gasteiger partial charge on any atom is 0.252 e. The van der Waals surface area contributed by atoms with Gasteiger partial charge in [-0.2, -0.15) is 0 Å². The van der Waals surface area contributed by atoms with Crippen LogP contribution in [0.3, 0.4) is 0 Å². The van der Waals surface area contributed by atoms with E-state index in [2.05, 4.69) is 16.9 Å². The standard InChI is InChI=1S/C23H24N2O3S/c1-5-13-25-22(26)18-15-17(23(2,3)4)11-12-19(18)29(27,28)20-10-6-8-16-9-7-14-24-21(16)20/h5-12,14-15H,1,13H2,2-4H3,(H,25,26). The highest BCUT2D eigenvalue weighted by atomic mass is 32.2. The van der Waals surface area contributed by atoms with Gasteiger partial charge in [0.25, 0.3) is 5.91 Å². The van der Waals surface area contributed by atoms with Crippen LogP contribution in [0.5, 0.6) is 0 Å². The maximum absolute atomic E-state index is 13.6. The maximum atomic E-state index is 13.6. The Morgan fingerprint density at radius 3 is 2.52 bits per heavy atom. The molecule has 0 atom stereocenters. The summed E-state index contributed by atoms with van der Waals surface area (Å²) in [7, 11) is -3.98. The Balaban J connectivity index is 2.25. The number of hydrogen-bond acceptors (Lipinski definition) is 4. The zero-order valence-corrected chi connectivity index (χ0v) is 17.6. The van der Waals surface area contributed by atoms with Crippen molar-refractivity contribution in [3.05, 3.63) is 78.5 Å². The highest BCUT2D eigenvalue weighted by Crippen LogP contribution is 2.32. The minimum atomic E-state index is -3.98. The zero-order chi connectivity index (χ0) is 21.2. The minimum absolute atomic E-state index is 0.0368. The molecule has 0 aliphatic rings. The fourth-order valence-corrected chi connectivity index (χ4v) is 4.69. The first-order chi connectivity index (χ1) is 13.7. The van der Waals surface area contributed by atoms with Crippen LogP contribution < -0.4 is 5.32 Å². The van der Waals surface area contributed by atoms with E-state index in [0.29, 0.717) is 5.52 Å². The molecule has 0 radical (unpaired) electrons. The van der Waals surface area contributed by atoms with Crippen LogP contribution in [0.2, 0.25) is 0 Å². The Morgan fingerprint density at radius 2 is 1.83 bits per heavy atom. The lowest BCUT2D eigenvalue weighted by Gasteiger charge is -2.21. The van der Waals surface area contributed by atoms with Gasteiger partial charge < -0.3 is 5.32 Å². The number of pyridine rings is 1. The Labute approximate surface area is 171 Å². The average Bonchev–Trinajstić information content (AvgIpc) is 2.70. The van der Waals surface area contributed by atoms with Crippen LogP contribution in [-0.2, 0) is 15.3 Å². The van der Waals surface area contributed by atoms with Crippen molar-refractivity contribution in [1.29, 1.82) is 0 Å². The summed E-state index contributed by atoms with van der Waals surface area (Å²) < 4.78 is 27.1. The number of benzene rings is 2. The smallest absolute Gasteiger partial charge is 0.252 e. The molecule has 0 bridgehead atoms. The number of carbonyl (C=O) groups excluding carboxylic acids is 1. The molecule has 150 valence electrons. The van der Waals surface area contributed by atoms with Gasteiger partial charge in [-0.05, 0) is 35.2 Å². The summed E-state index contributed by atoms with van der Waals surface area (Å²) in [5.41, 5.74) is 1.13. The second-order valence-electron chi connectivity index (χ2n) is 7.79. The number of hydrogen-bond donors (Lipinski definition) is 1. The molecular weight excluding hydrogens is 384 g/mol. The summed E-state index contributed by atoms with van der Waals surface area (Å²) in [6.45, 7) is 9.87. The van der Waals surface area contributed by atoms with E-state index >= 15 is 0 Å². The van der Waals surface area contributed by atoms with Crippen molar-refractivity contribution in [3.8, 4) is 0 Å². The fraction of sp³-hybridized carbons (Fsp3) is 0.217. The molecule has 6 heteroatoms. The van der Waals surface area contributed by atoms with Crippen LogP contribution in [0.15, 0.2) is 77.2 Å². The van der Waals surface area contributed by atoms with Crippen molar-refractivity contribution in [2.75, 3.05) is 6.54 Å². The van der Waals surface area contributed by atoms with Gasteiger partial charge in [-0.1, -0.05) is 51.1 Å². The fourth-order valence-electron chi connectivity index (χ4n) is 3.08. The molecule has 0 spiro atoms. The molecule has 5 nitrogen and oxygen atoms in total. The minimum Gasteiger partial charge on any atom is -0.349 e. The predicted molar refractivity (Wildman–Crippen MR) is 115 cm³/mol. The van der Waals surface area contributed by atoms with Crippen molar-refractivity contribution in [3.63, 3.8) is 0 Å². The number of nitrogens with zero attached hydrogens (tertiary/aromatic N) is 1. The molecule has 0 saturated carbocycles. The van der Waals surface area contributed by atoms with E-state index in [1.807, 2.05) is 32.9 Å². The molecule has 1 N–H and O–H groups in total. The van der Waals surface area contributed by atoms with Crippen LogP contribution in [0, 0.1) is 0 Å². The van der Waals surface area contributed by atoms with Gasteiger partial charge in [0, 0.05) is 18.1 Å². The van der Waals surface area contributed by atoms with E-state index in [4.69, 9.17) is 0 Å². The van der Waals surface area contributed by atoms with E-state index in [-0.39, 0.29) is 27.3 Å². The van der Waals surface area contributed by atoms with Crippen molar-refractivity contribution in [2.45, 2.75) is 36.0 Å². The number of aromatic nitrogens is 1. The second-order valence-corrected chi connectivity index (χ2v) is 9.68. The van der Waals surface area contributed by atoms with E-state index in [1.54, 1.807) is 36.5 Å². The quantitative estimate of drug-likeness (QED) is 0.639. The van der Waals surface area contributed by atoms with Crippen LogP contribution >= 0.6 is 0 Å². The molecule has 1 aromatic heterocycles. The van der Waals surface area contributed by atoms with E-state index in [1.165, 1.54) is 12.1 Å². The third-order valence-electron chi connectivity index (χ3n) is 4.67. The van der Waals surface area contributed by atoms with Gasteiger partial charge in [-0.25, -0.2) is 8.42 Å². The van der Waals surface area contributed by atoms with E-state index in [0.717, 1.165) is 10.9 Å². The molecule has 2 aromatic carbocycles. The number of nitrogens with one attached hydrogen (secondary N) is 1. The lowest BCUT2D eigenvalue weighted by molar-refractivity contribution is 0.0954. The highest BCUT2D eigenvalue weighted by molar-refractivity contribution is 7.91. The van der Waals surface area contributed by atoms with Crippen molar-refractivity contribution in [2.24, 2.45) is 0 Å². The molecular formula is C23H24N2O3S. The Hall–Kier alpha value is -2.99. The van der Waals surface area contributed by atoms with Crippen LogP contribution in [0.4, 0.5) is 0 Å². The van der Waals surface area contributed by atoms with Gasteiger partial charge in [-0.15, -0.1) is 6.58 Å². The van der Waals surface area contributed by atoms with Gasteiger partial charge in [-0.3, -0.25) is 9.78 Å². The third kappa shape index (κ3) is 4.07. The number of amides is 1. The molecule has 0 aliphatic carbocycles.